The highest BCUT2D eigenvalue weighted by Crippen LogP contribution is 2.27. The molecule has 0 amide bonds. The van der Waals surface area contributed by atoms with Crippen LogP contribution in [-0.4, -0.2) is 28.2 Å². The summed E-state index contributed by atoms with van der Waals surface area (Å²) in [5, 5.41) is 0.605. The highest BCUT2D eigenvalue weighted by Gasteiger charge is 2.10. The standard InChI is InChI=1S/C15H23NS2/c1-5-16(6-2)15(17)11-13-9-7-8-10-14(13)18-12(3)4/h7-10,12H,5-6,11H2,1-4H3. The molecule has 0 N–H and O–H groups in total. The zero-order valence-corrected chi connectivity index (χ0v) is 13.4. The van der Waals surface area contributed by atoms with E-state index in [9.17, 15) is 0 Å². The molecule has 0 aliphatic carbocycles. The van der Waals surface area contributed by atoms with Crippen molar-refractivity contribution in [3.8, 4) is 0 Å². The van der Waals surface area contributed by atoms with Gasteiger partial charge in [0.05, 0.1) is 4.99 Å². The zero-order valence-electron chi connectivity index (χ0n) is 11.8. The van der Waals surface area contributed by atoms with Gasteiger partial charge in [-0.05, 0) is 25.5 Å². The van der Waals surface area contributed by atoms with Crippen LogP contribution in [-0.2, 0) is 6.42 Å². The fourth-order valence-corrected chi connectivity index (χ4v) is 3.24. The molecule has 0 bridgehead atoms. The van der Waals surface area contributed by atoms with Crippen molar-refractivity contribution in [3.05, 3.63) is 29.8 Å². The second kappa shape index (κ2) is 7.80. The van der Waals surface area contributed by atoms with Crippen LogP contribution in [0.2, 0.25) is 0 Å². The molecule has 0 saturated heterocycles. The Balaban J connectivity index is 2.80. The summed E-state index contributed by atoms with van der Waals surface area (Å²) in [6.07, 6.45) is 0.882. The molecule has 100 valence electrons. The Bertz CT molecular complexity index is 384. The summed E-state index contributed by atoms with van der Waals surface area (Å²) in [5.74, 6) is 0. The average Bonchev–Trinajstić information content (AvgIpc) is 2.32. The van der Waals surface area contributed by atoms with Crippen molar-refractivity contribution in [2.24, 2.45) is 0 Å². The van der Waals surface area contributed by atoms with Gasteiger partial charge < -0.3 is 4.90 Å². The van der Waals surface area contributed by atoms with Crippen molar-refractivity contribution in [1.82, 2.24) is 4.90 Å². The Hall–Kier alpha value is -0.540. The summed E-state index contributed by atoms with van der Waals surface area (Å²) in [7, 11) is 0. The number of nitrogens with zero attached hydrogens (tertiary/aromatic N) is 1. The molecule has 18 heavy (non-hydrogen) atoms. The number of hydrogen-bond acceptors (Lipinski definition) is 2. The number of thioether (sulfide) groups is 1. The molecular formula is C15H23NS2. The van der Waals surface area contributed by atoms with Crippen LogP contribution in [0.25, 0.3) is 0 Å². The first-order chi connectivity index (χ1) is 8.58. The summed E-state index contributed by atoms with van der Waals surface area (Å²) >= 11 is 7.46. The third-order valence-corrected chi connectivity index (χ3v) is 4.32. The first-order valence-corrected chi connectivity index (χ1v) is 7.89. The van der Waals surface area contributed by atoms with Gasteiger partial charge in [-0.2, -0.15) is 0 Å². The van der Waals surface area contributed by atoms with E-state index in [1.807, 2.05) is 11.8 Å². The lowest BCUT2D eigenvalue weighted by molar-refractivity contribution is 0.467. The van der Waals surface area contributed by atoms with E-state index in [-0.39, 0.29) is 0 Å². The van der Waals surface area contributed by atoms with Gasteiger partial charge in [-0.1, -0.05) is 44.3 Å². The van der Waals surface area contributed by atoms with Crippen LogP contribution < -0.4 is 0 Å². The number of thiocarbonyl (C=S) groups is 1. The molecule has 0 spiro atoms. The first kappa shape index (κ1) is 15.5. The predicted octanol–water partition coefficient (Wildman–Crippen LogP) is 4.40. The van der Waals surface area contributed by atoms with E-state index in [2.05, 4.69) is 56.9 Å². The van der Waals surface area contributed by atoms with Gasteiger partial charge >= 0.3 is 0 Å². The lowest BCUT2D eigenvalue weighted by Gasteiger charge is -2.22. The van der Waals surface area contributed by atoms with E-state index in [0.29, 0.717) is 5.25 Å². The molecular weight excluding hydrogens is 258 g/mol. The molecule has 1 aromatic rings. The number of hydrogen-bond donors (Lipinski definition) is 0. The Kier molecular flexibility index (Phi) is 6.72. The second-order valence-electron chi connectivity index (χ2n) is 4.52. The van der Waals surface area contributed by atoms with Crippen LogP contribution >= 0.6 is 24.0 Å². The van der Waals surface area contributed by atoms with Gasteiger partial charge in [0.2, 0.25) is 0 Å². The van der Waals surface area contributed by atoms with Gasteiger partial charge in [0, 0.05) is 29.7 Å². The lowest BCUT2D eigenvalue weighted by Crippen LogP contribution is -2.30. The summed E-state index contributed by atoms with van der Waals surface area (Å²) in [4.78, 5) is 4.67. The van der Waals surface area contributed by atoms with Crippen LogP contribution in [0.5, 0.6) is 0 Å². The SMILES string of the molecule is CCN(CC)C(=S)Cc1ccccc1SC(C)C. The van der Waals surface area contributed by atoms with Crippen molar-refractivity contribution in [1.29, 1.82) is 0 Å². The molecule has 0 aliphatic heterocycles. The van der Waals surface area contributed by atoms with E-state index < -0.39 is 0 Å². The molecule has 0 saturated carbocycles. The zero-order chi connectivity index (χ0) is 13.5. The Labute approximate surface area is 121 Å². The molecule has 1 rings (SSSR count). The Morgan fingerprint density at radius 2 is 1.83 bits per heavy atom. The van der Waals surface area contributed by atoms with Crippen molar-refractivity contribution >= 4 is 29.0 Å². The monoisotopic (exact) mass is 281 g/mol. The third kappa shape index (κ3) is 4.62. The van der Waals surface area contributed by atoms with Gasteiger partial charge in [0.15, 0.2) is 0 Å². The smallest absolute Gasteiger partial charge is 0.0823 e. The van der Waals surface area contributed by atoms with Crippen molar-refractivity contribution < 1.29 is 0 Å². The number of benzene rings is 1. The normalized spacial score (nSPS) is 10.7. The second-order valence-corrected chi connectivity index (χ2v) is 6.61. The number of likely N-dealkylation sites (N-methyl/N-ethyl adjacent to an activating group) is 1. The molecule has 0 radical (unpaired) electrons. The Morgan fingerprint density at radius 3 is 2.39 bits per heavy atom. The van der Waals surface area contributed by atoms with Crippen molar-refractivity contribution in [3.63, 3.8) is 0 Å². The minimum atomic E-state index is 0.605. The summed E-state index contributed by atoms with van der Waals surface area (Å²) in [6, 6.07) is 8.60. The predicted molar refractivity (Wildman–Crippen MR) is 86.7 cm³/mol. The fraction of sp³-hybridized carbons (Fsp3) is 0.533. The molecule has 0 atom stereocenters. The van der Waals surface area contributed by atoms with Crippen LogP contribution in [0.4, 0.5) is 0 Å². The molecule has 0 aliphatic rings. The van der Waals surface area contributed by atoms with E-state index in [0.717, 1.165) is 24.5 Å². The van der Waals surface area contributed by atoms with Gasteiger partial charge in [0.25, 0.3) is 0 Å². The quantitative estimate of drug-likeness (QED) is 0.562. The van der Waals surface area contributed by atoms with E-state index in [1.165, 1.54) is 10.5 Å². The minimum Gasteiger partial charge on any atom is -0.366 e. The van der Waals surface area contributed by atoms with E-state index >= 15 is 0 Å². The maximum atomic E-state index is 5.55. The van der Waals surface area contributed by atoms with Crippen LogP contribution in [0.15, 0.2) is 29.2 Å². The lowest BCUT2D eigenvalue weighted by atomic mass is 10.1. The van der Waals surface area contributed by atoms with Gasteiger partial charge in [-0.25, -0.2) is 0 Å². The van der Waals surface area contributed by atoms with Crippen LogP contribution in [0, 0.1) is 0 Å². The molecule has 1 aromatic carbocycles. The topological polar surface area (TPSA) is 3.24 Å². The molecule has 0 unspecified atom stereocenters. The first-order valence-electron chi connectivity index (χ1n) is 6.60. The fourth-order valence-electron chi connectivity index (χ4n) is 1.87. The average molecular weight is 281 g/mol. The van der Waals surface area contributed by atoms with Gasteiger partial charge in [-0.15, -0.1) is 11.8 Å². The molecule has 3 heteroatoms. The van der Waals surface area contributed by atoms with Crippen molar-refractivity contribution in [2.75, 3.05) is 13.1 Å². The molecule has 0 heterocycles. The Morgan fingerprint density at radius 1 is 1.22 bits per heavy atom. The van der Waals surface area contributed by atoms with Crippen molar-refractivity contribution in [2.45, 2.75) is 44.3 Å². The highest BCUT2D eigenvalue weighted by atomic mass is 32.2. The molecule has 0 aromatic heterocycles. The summed E-state index contributed by atoms with van der Waals surface area (Å²) in [5.41, 5.74) is 1.35. The largest absolute Gasteiger partial charge is 0.366 e. The van der Waals surface area contributed by atoms with Gasteiger partial charge in [-0.3, -0.25) is 0 Å². The molecule has 0 fully saturated rings. The maximum Gasteiger partial charge on any atom is 0.0823 e. The minimum absolute atomic E-state index is 0.605. The van der Waals surface area contributed by atoms with Crippen LogP contribution in [0.1, 0.15) is 33.3 Å². The van der Waals surface area contributed by atoms with Crippen LogP contribution in [0.3, 0.4) is 0 Å². The summed E-state index contributed by atoms with van der Waals surface area (Å²) in [6.45, 7) is 10.8. The van der Waals surface area contributed by atoms with E-state index in [4.69, 9.17) is 12.2 Å². The van der Waals surface area contributed by atoms with Gasteiger partial charge in [0.1, 0.15) is 0 Å². The molecule has 1 nitrogen and oxygen atoms in total. The highest BCUT2D eigenvalue weighted by molar-refractivity contribution is 8.00. The van der Waals surface area contributed by atoms with E-state index in [1.54, 1.807) is 0 Å². The number of rotatable bonds is 6. The third-order valence-electron chi connectivity index (χ3n) is 2.79. The summed E-state index contributed by atoms with van der Waals surface area (Å²) < 4.78 is 0. The maximum absolute atomic E-state index is 5.55.